The number of benzene rings is 1. The molecule has 2 fully saturated rings. The van der Waals surface area contributed by atoms with Gasteiger partial charge in [-0.2, -0.15) is 18.3 Å². The zero-order valence-corrected chi connectivity index (χ0v) is 18.4. The van der Waals surface area contributed by atoms with E-state index in [1.54, 1.807) is 25.0 Å². The van der Waals surface area contributed by atoms with Gasteiger partial charge >= 0.3 is 6.18 Å². The van der Waals surface area contributed by atoms with Gasteiger partial charge in [0.05, 0.1) is 17.2 Å². The molecule has 2 aromatic rings. The monoisotopic (exact) mass is 462 g/mol. The Morgan fingerprint density at radius 1 is 1.27 bits per heavy atom. The molecule has 1 aromatic heterocycles. The highest BCUT2D eigenvalue weighted by Gasteiger charge is 2.57. The number of aryl methyl sites for hydroxylation is 1. The van der Waals surface area contributed by atoms with Crippen LogP contribution >= 0.6 is 0 Å². The Bertz CT molecular complexity index is 1090. The zero-order valence-electron chi connectivity index (χ0n) is 18.4. The number of imide groups is 1. The molecule has 7 nitrogen and oxygen atoms in total. The summed E-state index contributed by atoms with van der Waals surface area (Å²) in [6, 6.07) is 4.20. The molecule has 33 heavy (non-hydrogen) atoms. The minimum Gasteiger partial charge on any atom is -0.345 e. The predicted octanol–water partition coefficient (Wildman–Crippen LogP) is 2.69. The molecular weight excluding hydrogens is 437 g/mol. The average molecular weight is 462 g/mol. The highest BCUT2D eigenvalue weighted by atomic mass is 19.4. The number of hydrogen-bond acceptors (Lipinski definition) is 4. The van der Waals surface area contributed by atoms with Crippen LogP contribution in [0.2, 0.25) is 0 Å². The van der Waals surface area contributed by atoms with Gasteiger partial charge in [-0.3, -0.25) is 24.0 Å². The van der Waals surface area contributed by atoms with Crippen molar-refractivity contribution in [1.82, 2.24) is 19.6 Å². The first-order chi connectivity index (χ1) is 15.5. The molecule has 0 spiro atoms. The van der Waals surface area contributed by atoms with Gasteiger partial charge in [0.1, 0.15) is 0 Å². The van der Waals surface area contributed by atoms with Gasteiger partial charge in [0, 0.05) is 45.7 Å². The second-order valence-corrected chi connectivity index (χ2v) is 8.90. The summed E-state index contributed by atoms with van der Waals surface area (Å²) in [6.45, 7) is 0.345. The SMILES string of the molecule is CN(CCc1cnn(C)c1)C(=O)CC1(c2cccc(C(F)(F)F)c2)CC(=O)N(C2CC2)C1=O. The van der Waals surface area contributed by atoms with Crippen LogP contribution in [0.4, 0.5) is 13.2 Å². The lowest BCUT2D eigenvalue weighted by atomic mass is 9.75. The summed E-state index contributed by atoms with van der Waals surface area (Å²) in [5.41, 5.74) is -1.58. The normalized spacial score (nSPS) is 21.1. The third-order valence-corrected chi connectivity index (χ3v) is 6.38. The number of carbonyl (C=O) groups excluding carboxylic acids is 3. The fourth-order valence-corrected chi connectivity index (χ4v) is 4.34. The molecule has 1 atom stereocenters. The molecule has 1 aliphatic carbocycles. The van der Waals surface area contributed by atoms with Crippen molar-refractivity contribution in [2.75, 3.05) is 13.6 Å². The number of rotatable bonds is 7. The molecule has 1 saturated heterocycles. The van der Waals surface area contributed by atoms with Crippen LogP contribution in [0.25, 0.3) is 0 Å². The van der Waals surface area contributed by atoms with E-state index in [-0.39, 0.29) is 24.4 Å². The molecule has 1 unspecified atom stereocenters. The first kappa shape index (κ1) is 23.0. The van der Waals surface area contributed by atoms with Crippen LogP contribution in [0.15, 0.2) is 36.7 Å². The van der Waals surface area contributed by atoms with E-state index in [1.165, 1.54) is 17.0 Å². The first-order valence-electron chi connectivity index (χ1n) is 10.8. The summed E-state index contributed by atoms with van der Waals surface area (Å²) < 4.78 is 41.8. The van der Waals surface area contributed by atoms with Crippen LogP contribution in [0.5, 0.6) is 0 Å². The lowest BCUT2D eigenvalue weighted by Crippen LogP contribution is -2.43. The average Bonchev–Trinajstić information content (AvgIpc) is 3.44. The smallest absolute Gasteiger partial charge is 0.345 e. The van der Waals surface area contributed by atoms with Crippen molar-refractivity contribution < 1.29 is 27.6 Å². The Morgan fingerprint density at radius 3 is 2.61 bits per heavy atom. The quantitative estimate of drug-likeness (QED) is 0.593. The first-order valence-corrected chi connectivity index (χ1v) is 10.8. The van der Waals surface area contributed by atoms with Gasteiger partial charge in [0.15, 0.2) is 0 Å². The molecule has 4 rings (SSSR count). The summed E-state index contributed by atoms with van der Waals surface area (Å²) in [5, 5.41) is 4.08. The number of likely N-dealkylation sites (N-methyl/N-ethyl adjacent to an activating group) is 1. The summed E-state index contributed by atoms with van der Waals surface area (Å²) in [4.78, 5) is 41.9. The molecule has 0 N–H and O–H groups in total. The fraction of sp³-hybridized carbons (Fsp3) is 0.478. The number of hydrogen-bond donors (Lipinski definition) is 0. The summed E-state index contributed by atoms with van der Waals surface area (Å²) >= 11 is 0. The van der Waals surface area contributed by atoms with Crippen molar-refractivity contribution in [2.24, 2.45) is 7.05 Å². The van der Waals surface area contributed by atoms with Gasteiger partial charge in [0.2, 0.25) is 17.7 Å². The van der Waals surface area contributed by atoms with Crippen LogP contribution in [0.1, 0.15) is 42.4 Å². The topological polar surface area (TPSA) is 75.5 Å². The van der Waals surface area contributed by atoms with E-state index in [2.05, 4.69) is 5.10 Å². The minimum atomic E-state index is -4.61. The van der Waals surface area contributed by atoms with Gasteiger partial charge in [-0.1, -0.05) is 18.2 Å². The van der Waals surface area contributed by atoms with E-state index in [9.17, 15) is 27.6 Å². The molecule has 2 heterocycles. The standard InChI is InChI=1S/C23H25F3N4O3/c1-28(9-8-15-13-27-29(2)14-15)19(31)11-22(12-20(32)30(21(22)33)18-6-7-18)16-4-3-5-17(10-16)23(24,25)26/h3-5,10,13-14,18H,6-9,11-12H2,1-2H3. The fourth-order valence-electron chi connectivity index (χ4n) is 4.34. The molecule has 2 aliphatic rings. The number of nitrogens with zero attached hydrogens (tertiary/aromatic N) is 4. The maximum Gasteiger partial charge on any atom is 0.416 e. The Labute approximate surface area is 189 Å². The number of aromatic nitrogens is 2. The maximum absolute atomic E-state index is 13.5. The number of alkyl halides is 3. The van der Waals surface area contributed by atoms with E-state index in [1.807, 2.05) is 6.20 Å². The Hall–Kier alpha value is -3.17. The molecule has 1 saturated carbocycles. The van der Waals surface area contributed by atoms with Gasteiger partial charge in [-0.25, -0.2) is 0 Å². The number of likely N-dealkylation sites (tertiary alicyclic amines) is 1. The number of halogens is 3. The molecule has 0 bridgehead atoms. The molecule has 1 aliphatic heterocycles. The van der Waals surface area contributed by atoms with Gasteiger partial charge in [-0.15, -0.1) is 0 Å². The third kappa shape index (κ3) is 4.51. The molecule has 10 heteroatoms. The van der Waals surface area contributed by atoms with Gasteiger partial charge < -0.3 is 4.90 Å². The number of carbonyl (C=O) groups is 3. The second-order valence-electron chi connectivity index (χ2n) is 8.90. The summed E-state index contributed by atoms with van der Waals surface area (Å²) in [5.74, 6) is -1.43. The maximum atomic E-state index is 13.5. The number of amides is 3. The van der Waals surface area contributed by atoms with E-state index in [0.717, 1.165) is 22.6 Å². The van der Waals surface area contributed by atoms with E-state index in [0.29, 0.717) is 25.8 Å². The lowest BCUT2D eigenvalue weighted by molar-refractivity contribution is -0.143. The van der Waals surface area contributed by atoms with Crippen molar-refractivity contribution in [3.63, 3.8) is 0 Å². The molecular formula is C23H25F3N4O3. The van der Waals surface area contributed by atoms with Gasteiger partial charge in [-0.05, 0) is 36.5 Å². The van der Waals surface area contributed by atoms with Gasteiger partial charge in [0.25, 0.3) is 0 Å². The Morgan fingerprint density at radius 2 is 2.00 bits per heavy atom. The largest absolute Gasteiger partial charge is 0.416 e. The zero-order chi connectivity index (χ0) is 24.0. The highest BCUT2D eigenvalue weighted by Crippen LogP contribution is 2.45. The van der Waals surface area contributed by atoms with Crippen molar-refractivity contribution in [2.45, 2.75) is 49.7 Å². The predicted molar refractivity (Wildman–Crippen MR) is 112 cm³/mol. The van der Waals surface area contributed by atoms with E-state index >= 15 is 0 Å². The molecule has 176 valence electrons. The Balaban J connectivity index is 1.62. The van der Waals surface area contributed by atoms with Crippen molar-refractivity contribution in [3.8, 4) is 0 Å². The van der Waals surface area contributed by atoms with Crippen LogP contribution in [0, 0.1) is 0 Å². The third-order valence-electron chi connectivity index (χ3n) is 6.38. The Kier molecular flexibility index (Phi) is 5.79. The van der Waals surface area contributed by atoms with Crippen LogP contribution < -0.4 is 0 Å². The van der Waals surface area contributed by atoms with Crippen molar-refractivity contribution in [3.05, 3.63) is 53.3 Å². The van der Waals surface area contributed by atoms with Crippen LogP contribution in [-0.4, -0.2) is 56.9 Å². The van der Waals surface area contributed by atoms with E-state index in [4.69, 9.17) is 0 Å². The van der Waals surface area contributed by atoms with Crippen LogP contribution in [-0.2, 0) is 39.4 Å². The van der Waals surface area contributed by atoms with Crippen LogP contribution in [0.3, 0.4) is 0 Å². The van der Waals surface area contributed by atoms with Crippen molar-refractivity contribution >= 4 is 17.7 Å². The molecule has 3 amide bonds. The second kappa shape index (κ2) is 8.31. The van der Waals surface area contributed by atoms with Crippen molar-refractivity contribution in [1.29, 1.82) is 0 Å². The summed E-state index contributed by atoms with van der Waals surface area (Å²) in [6.07, 6.45) is 0.114. The molecule has 1 aromatic carbocycles. The molecule has 0 radical (unpaired) electrons. The summed E-state index contributed by atoms with van der Waals surface area (Å²) in [7, 11) is 3.37. The highest BCUT2D eigenvalue weighted by molar-refractivity contribution is 6.11. The van der Waals surface area contributed by atoms with E-state index < -0.39 is 34.9 Å². The lowest BCUT2D eigenvalue weighted by Gasteiger charge is -2.29. The minimum absolute atomic E-state index is 0.0489.